The highest BCUT2D eigenvalue weighted by molar-refractivity contribution is 5.71. The van der Waals surface area contributed by atoms with Crippen LogP contribution in [0.2, 0.25) is 0 Å². The molecule has 0 aliphatic carbocycles. The number of carbonyl (C=O) groups is 2. The molecule has 1 aliphatic rings. The summed E-state index contributed by atoms with van der Waals surface area (Å²) in [4.78, 5) is 25.4. The van der Waals surface area contributed by atoms with Gasteiger partial charge in [-0.1, -0.05) is 0 Å². The molecule has 0 saturated carbocycles. The van der Waals surface area contributed by atoms with Gasteiger partial charge in [0.2, 0.25) is 0 Å². The summed E-state index contributed by atoms with van der Waals surface area (Å²) in [5.74, 6) is -0.432. The van der Waals surface area contributed by atoms with Crippen molar-refractivity contribution in [2.24, 2.45) is 0 Å². The molecule has 0 aromatic carbocycles. The van der Waals surface area contributed by atoms with Crippen LogP contribution in [0, 0.1) is 0 Å². The Kier molecular flexibility index (Phi) is 6.83. The predicted octanol–water partition coefficient (Wildman–Crippen LogP) is 1.98. The van der Waals surface area contributed by atoms with Gasteiger partial charge in [0.1, 0.15) is 17.8 Å². The van der Waals surface area contributed by atoms with E-state index in [2.05, 4.69) is 0 Å². The van der Waals surface area contributed by atoms with Crippen LogP contribution >= 0.6 is 0 Å². The van der Waals surface area contributed by atoms with Gasteiger partial charge in [-0.05, 0) is 41.5 Å². The van der Waals surface area contributed by atoms with Crippen LogP contribution in [0.15, 0.2) is 0 Å². The first-order valence-corrected chi connectivity index (χ1v) is 7.85. The van der Waals surface area contributed by atoms with Crippen LogP contribution in [0.3, 0.4) is 0 Å². The van der Waals surface area contributed by atoms with Gasteiger partial charge in [0.05, 0.1) is 25.9 Å². The third-order valence-corrected chi connectivity index (χ3v) is 2.81. The smallest absolute Gasteiger partial charge is 0.410 e. The van der Waals surface area contributed by atoms with Gasteiger partial charge >= 0.3 is 12.1 Å². The van der Waals surface area contributed by atoms with E-state index in [-0.39, 0.29) is 19.3 Å². The summed E-state index contributed by atoms with van der Waals surface area (Å²) in [7, 11) is 0. The van der Waals surface area contributed by atoms with Crippen molar-refractivity contribution >= 4 is 12.1 Å². The molecule has 0 radical (unpaired) electrons. The minimum atomic E-state index is -0.558. The molecule has 23 heavy (non-hydrogen) atoms. The molecule has 0 spiro atoms. The molecule has 7 nitrogen and oxygen atoms in total. The molecule has 134 valence electrons. The molecule has 1 atom stereocenters. The monoisotopic (exact) mass is 331 g/mol. The van der Waals surface area contributed by atoms with Gasteiger partial charge in [0, 0.05) is 6.54 Å². The van der Waals surface area contributed by atoms with E-state index in [1.165, 1.54) is 0 Å². The van der Waals surface area contributed by atoms with Crippen LogP contribution in [0.4, 0.5) is 4.79 Å². The minimum Gasteiger partial charge on any atom is -0.458 e. The summed E-state index contributed by atoms with van der Waals surface area (Å²) in [6.07, 6.45) is -0.397. The van der Waals surface area contributed by atoms with E-state index in [0.717, 1.165) is 0 Å². The zero-order chi connectivity index (χ0) is 17.7. The van der Waals surface area contributed by atoms with Crippen LogP contribution < -0.4 is 0 Å². The van der Waals surface area contributed by atoms with Crippen molar-refractivity contribution in [3.8, 4) is 0 Å². The lowest BCUT2D eigenvalue weighted by Crippen LogP contribution is -2.52. The van der Waals surface area contributed by atoms with Gasteiger partial charge in [-0.25, -0.2) is 9.59 Å². The normalized spacial score (nSPS) is 19.4. The number of nitrogens with zero attached hydrogens (tertiary/aromatic N) is 1. The number of hydrogen-bond acceptors (Lipinski definition) is 6. The van der Waals surface area contributed by atoms with Crippen LogP contribution in [-0.2, 0) is 23.7 Å². The molecular formula is C16H29NO6. The summed E-state index contributed by atoms with van der Waals surface area (Å²) in [6, 6.07) is -0.277. The quantitative estimate of drug-likeness (QED) is 0.733. The second-order valence-electron chi connectivity index (χ2n) is 7.50. The average Bonchev–Trinajstić information content (AvgIpc) is 2.35. The SMILES string of the molecule is CC(C)(C)OC(=O)COCC1COCCN1C(=O)OC(C)(C)C. The summed E-state index contributed by atoms with van der Waals surface area (Å²) in [5, 5.41) is 0. The predicted molar refractivity (Wildman–Crippen MR) is 84.2 cm³/mol. The fraction of sp³-hybridized carbons (Fsp3) is 0.875. The van der Waals surface area contributed by atoms with Crippen LogP contribution in [0.5, 0.6) is 0 Å². The van der Waals surface area contributed by atoms with Crippen LogP contribution in [0.1, 0.15) is 41.5 Å². The summed E-state index contributed by atoms with van der Waals surface area (Å²) in [5.41, 5.74) is -1.10. The summed E-state index contributed by atoms with van der Waals surface area (Å²) >= 11 is 0. The molecule has 1 amide bonds. The molecule has 1 heterocycles. The third kappa shape index (κ3) is 8.18. The van der Waals surface area contributed by atoms with E-state index >= 15 is 0 Å². The third-order valence-electron chi connectivity index (χ3n) is 2.81. The number of rotatable bonds is 4. The lowest BCUT2D eigenvalue weighted by atomic mass is 10.2. The van der Waals surface area contributed by atoms with Crippen LogP contribution in [-0.4, -0.2) is 67.2 Å². The van der Waals surface area contributed by atoms with Crippen LogP contribution in [0.25, 0.3) is 0 Å². The van der Waals surface area contributed by atoms with Gasteiger partial charge in [0.25, 0.3) is 0 Å². The van der Waals surface area contributed by atoms with Gasteiger partial charge in [-0.3, -0.25) is 4.90 Å². The number of ether oxygens (including phenoxy) is 4. The van der Waals surface area contributed by atoms with Gasteiger partial charge in [-0.15, -0.1) is 0 Å². The molecule has 0 aromatic rings. The molecule has 0 aromatic heterocycles. The molecule has 1 aliphatic heterocycles. The van der Waals surface area contributed by atoms with E-state index in [4.69, 9.17) is 18.9 Å². The van der Waals surface area contributed by atoms with Crippen molar-refractivity contribution < 1.29 is 28.5 Å². The van der Waals surface area contributed by atoms with E-state index in [9.17, 15) is 9.59 Å². The minimum absolute atomic E-state index is 0.157. The Labute approximate surface area is 138 Å². The van der Waals surface area contributed by atoms with E-state index in [1.54, 1.807) is 25.7 Å². The molecule has 0 bridgehead atoms. The van der Waals surface area contributed by atoms with Crippen molar-refractivity contribution in [1.82, 2.24) is 4.90 Å². The first-order valence-electron chi connectivity index (χ1n) is 7.85. The van der Waals surface area contributed by atoms with Gasteiger partial charge in [0.15, 0.2) is 0 Å². The van der Waals surface area contributed by atoms with Gasteiger partial charge in [-0.2, -0.15) is 0 Å². The second-order valence-corrected chi connectivity index (χ2v) is 7.50. The molecular weight excluding hydrogens is 302 g/mol. The van der Waals surface area contributed by atoms with E-state index < -0.39 is 23.3 Å². The van der Waals surface area contributed by atoms with Crippen molar-refractivity contribution in [3.05, 3.63) is 0 Å². The zero-order valence-corrected chi connectivity index (χ0v) is 15.0. The number of hydrogen-bond donors (Lipinski definition) is 0. The molecule has 1 rings (SSSR count). The lowest BCUT2D eigenvalue weighted by molar-refractivity contribution is -0.161. The first-order chi connectivity index (χ1) is 10.5. The van der Waals surface area contributed by atoms with E-state index in [1.807, 2.05) is 20.8 Å². The maximum Gasteiger partial charge on any atom is 0.410 e. The maximum absolute atomic E-state index is 12.2. The highest BCUT2D eigenvalue weighted by Crippen LogP contribution is 2.15. The van der Waals surface area contributed by atoms with Crippen molar-refractivity contribution in [1.29, 1.82) is 0 Å². The Morgan fingerprint density at radius 3 is 2.26 bits per heavy atom. The molecule has 7 heteroatoms. The number of amides is 1. The summed E-state index contributed by atoms with van der Waals surface area (Å²) < 4.78 is 21.3. The van der Waals surface area contributed by atoms with Crippen molar-refractivity contribution in [2.45, 2.75) is 58.8 Å². The van der Waals surface area contributed by atoms with E-state index in [0.29, 0.717) is 19.8 Å². The number of esters is 1. The number of morpholine rings is 1. The fourth-order valence-corrected chi connectivity index (χ4v) is 2.00. The fourth-order valence-electron chi connectivity index (χ4n) is 2.00. The van der Waals surface area contributed by atoms with Gasteiger partial charge < -0.3 is 18.9 Å². The second kappa shape index (κ2) is 7.97. The highest BCUT2D eigenvalue weighted by atomic mass is 16.6. The molecule has 1 fully saturated rings. The molecule has 1 saturated heterocycles. The molecule has 1 unspecified atom stereocenters. The standard InChI is InChI=1S/C16H29NO6/c1-15(2,3)22-13(18)11-21-10-12-9-20-8-7-17(12)14(19)23-16(4,5)6/h12H,7-11H2,1-6H3. The Bertz CT molecular complexity index is 410. The zero-order valence-electron chi connectivity index (χ0n) is 15.0. The number of carbonyl (C=O) groups excluding carboxylic acids is 2. The highest BCUT2D eigenvalue weighted by Gasteiger charge is 2.31. The van der Waals surface area contributed by atoms with Crippen molar-refractivity contribution in [3.63, 3.8) is 0 Å². The van der Waals surface area contributed by atoms with Crippen molar-refractivity contribution in [2.75, 3.05) is 33.0 Å². The first kappa shape index (κ1) is 19.7. The lowest BCUT2D eigenvalue weighted by Gasteiger charge is -2.36. The topological polar surface area (TPSA) is 74.3 Å². The molecule has 0 N–H and O–H groups in total. The maximum atomic E-state index is 12.2. The Hall–Kier alpha value is -1.34. The Morgan fingerprint density at radius 1 is 1.09 bits per heavy atom. The average molecular weight is 331 g/mol. The Balaban J connectivity index is 2.46. The summed E-state index contributed by atoms with van der Waals surface area (Å²) in [6.45, 7) is 12.1. The largest absolute Gasteiger partial charge is 0.458 e. The Morgan fingerprint density at radius 2 is 1.70 bits per heavy atom.